The predicted molar refractivity (Wildman–Crippen MR) is 153 cm³/mol. The standard InChI is InChI=1S/C31H39NO5.BrH/c1-19(33)37-31(28(35)18-36-5)15-14-27-25-12-8-21-16-23(34)11-13-24(21)29(25)26(17-30(27,31)2)20-6-9-22(10-7-20)32(3)4;/h6-7,9-10,16,25-27H,8,11-15,17-18H2,1-5H3;1H/t25-,26+,27-,30-,31-;/m0./s1. The van der Waals surface area contributed by atoms with Crippen LogP contribution in [0.25, 0.3) is 0 Å². The fourth-order valence-corrected chi connectivity index (χ4v) is 8.13. The van der Waals surface area contributed by atoms with Gasteiger partial charge in [0.1, 0.15) is 6.61 Å². The normalized spacial score (nSPS) is 31.9. The summed E-state index contributed by atoms with van der Waals surface area (Å²) in [6, 6.07) is 8.72. The lowest BCUT2D eigenvalue weighted by atomic mass is 9.50. The summed E-state index contributed by atoms with van der Waals surface area (Å²) >= 11 is 0. The van der Waals surface area contributed by atoms with Gasteiger partial charge < -0.3 is 14.4 Å². The molecule has 0 N–H and O–H groups in total. The lowest BCUT2D eigenvalue weighted by Crippen LogP contribution is -2.58. The highest BCUT2D eigenvalue weighted by Gasteiger charge is 2.68. The van der Waals surface area contributed by atoms with Gasteiger partial charge in [-0.15, -0.1) is 17.0 Å². The first-order valence-electron chi connectivity index (χ1n) is 13.6. The number of halogens is 1. The Kier molecular flexibility index (Phi) is 8.11. The number of ether oxygens (including phenoxy) is 2. The average Bonchev–Trinajstić information content (AvgIpc) is 3.15. The van der Waals surface area contributed by atoms with Crippen molar-refractivity contribution in [2.45, 2.75) is 70.3 Å². The Balaban J connectivity index is 0.00000336. The van der Waals surface area contributed by atoms with E-state index in [1.54, 1.807) is 0 Å². The number of esters is 1. The summed E-state index contributed by atoms with van der Waals surface area (Å²) < 4.78 is 11.4. The second kappa shape index (κ2) is 10.7. The highest BCUT2D eigenvalue weighted by Crippen LogP contribution is 2.67. The first kappa shape index (κ1) is 28.8. The number of anilines is 1. The maximum Gasteiger partial charge on any atom is 0.303 e. The number of rotatable bonds is 6. The van der Waals surface area contributed by atoms with Crippen LogP contribution in [0.1, 0.15) is 70.3 Å². The molecule has 206 valence electrons. The van der Waals surface area contributed by atoms with E-state index >= 15 is 0 Å². The van der Waals surface area contributed by atoms with Crippen molar-refractivity contribution in [1.82, 2.24) is 0 Å². The van der Waals surface area contributed by atoms with Crippen molar-refractivity contribution >= 4 is 40.2 Å². The maximum absolute atomic E-state index is 13.7. The van der Waals surface area contributed by atoms with Crippen molar-refractivity contribution in [1.29, 1.82) is 0 Å². The molecule has 5 rings (SSSR count). The number of carbonyl (C=O) groups is 3. The number of carbonyl (C=O) groups excluding carboxylic acids is 3. The van der Waals surface area contributed by atoms with E-state index in [1.807, 2.05) is 20.2 Å². The lowest BCUT2D eigenvalue weighted by molar-refractivity contribution is -0.185. The monoisotopic (exact) mass is 585 g/mol. The Morgan fingerprint density at radius 3 is 2.42 bits per heavy atom. The quantitative estimate of drug-likeness (QED) is 0.396. The average molecular weight is 587 g/mol. The van der Waals surface area contributed by atoms with Gasteiger partial charge in [0.25, 0.3) is 0 Å². The van der Waals surface area contributed by atoms with E-state index in [4.69, 9.17) is 9.47 Å². The molecule has 1 aromatic carbocycles. The van der Waals surface area contributed by atoms with E-state index in [0.717, 1.165) is 37.8 Å². The molecule has 0 aliphatic heterocycles. The molecule has 6 nitrogen and oxygen atoms in total. The van der Waals surface area contributed by atoms with Gasteiger partial charge in [0.2, 0.25) is 5.78 Å². The summed E-state index contributed by atoms with van der Waals surface area (Å²) in [5.74, 6) is 0.301. The molecular weight excluding hydrogens is 546 g/mol. The molecule has 0 radical (unpaired) electrons. The third-order valence-corrected chi connectivity index (χ3v) is 9.71. The summed E-state index contributed by atoms with van der Waals surface area (Å²) in [6.45, 7) is 3.52. The van der Waals surface area contributed by atoms with Crippen LogP contribution in [0.2, 0.25) is 0 Å². The van der Waals surface area contributed by atoms with Gasteiger partial charge in [-0.3, -0.25) is 14.4 Å². The molecule has 4 aliphatic rings. The van der Waals surface area contributed by atoms with Gasteiger partial charge >= 0.3 is 5.97 Å². The Hall–Kier alpha value is -2.25. The maximum atomic E-state index is 13.7. The molecule has 0 unspecified atom stereocenters. The van der Waals surface area contributed by atoms with Gasteiger partial charge in [-0.05, 0) is 85.3 Å². The number of ketones is 2. The molecule has 0 bridgehead atoms. The number of hydrogen-bond donors (Lipinski definition) is 0. The number of hydrogen-bond acceptors (Lipinski definition) is 6. The summed E-state index contributed by atoms with van der Waals surface area (Å²) in [5.41, 5.74) is 4.70. The number of nitrogens with zero attached hydrogens (tertiary/aromatic N) is 1. The molecule has 4 aliphatic carbocycles. The van der Waals surface area contributed by atoms with E-state index in [1.165, 1.54) is 36.3 Å². The number of methoxy groups -OCH3 is 1. The van der Waals surface area contributed by atoms with E-state index < -0.39 is 17.0 Å². The van der Waals surface area contributed by atoms with Crippen molar-refractivity contribution < 1.29 is 23.9 Å². The van der Waals surface area contributed by atoms with Gasteiger partial charge in [0.15, 0.2) is 11.4 Å². The molecule has 1 aromatic rings. The molecule has 0 amide bonds. The lowest BCUT2D eigenvalue weighted by Gasteiger charge is -2.55. The molecule has 0 heterocycles. The zero-order valence-corrected chi connectivity index (χ0v) is 24.9. The Morgan fingerprint density at radius 1 is 1.08 bits per heavy atom. The molecule has 38 heavy (non-hydrogen) atoms. The molecule has 2 fully saturated rings. The van der Waals surface area contributed by atoms with E-state index in [-0.39, 0.29) is 47.0 Å². The fourth-order valence-electron chi connectivity index (χ4n) is 8.13. The summed E-state index contributed by atoms with van der Waals surface area (Å²) in [7, 11) is 5.59. The summed E-state index contributed by atoms with van der Waals surface area (Å²) in [5, 5.41) is 0. The Bertz CT molecular complexity index is 1190. The largest absolute Gasteiger partial charge is 0.451 e. The molecule has 0 saturated heterocycles. The van der Waals surface area contributed by atoms with Gasteiger partial charge in [-0.1, -0.05) is 24.6 Å². The minimum Gasteiger partial charge on any atom is -0.451 e. The zero-order chi connectivity index (χ0) is 26.5. The van der Waals surface area contributed by atoms with Crippen LogP contribution in [0.4, 0.5) is 5.69 Å². The number of Topliss-reactive ketones (excluding diaryl/α,β-unsaturated/α-hetero) is 1. The van der Waals surface area contributed by atoms with Crippen LogP contribution >= 0.6 is 17.0 Å². The fraction of sp³-hybridized carbons (Fsp3) is 0.581. The molecule has 0 aromatic heterocycles. The number of fused-ring (bicyclic) bond motifs is 4. The summed E-state index contributed by atoms with van der Waals surface area (Å²) in [4.78, 5) is 40.5. The van der Waals surface area contributed by atoms with Crippen molar-refractivity contribution in [3.63, 3.8) is 0 Å². The topological polar surface area (TPSA) is 72.9 Å². The van der Waals surface area contributed by atoms with Crippen molar-refractivity contribution in [3.8, 4) is 0 Å². The van der Waals surface area contributed by atoms with Crippen LogP contribution < -0.4 is 4.90 Å². The molecule has 2 saturated carbocycles. The minimum atomic E-state index is -1.18. The van der Waals surface area contributed by atoms with Crippen LogP contribution in [-0.4, -0.2) is 50.9 Å². The van der Waals surface area contributed by atoms with Gasteiger partial charge in [0, 0.05) is 51.6 Å². The van der Waals surface area contributed by atoms with Crippen LogP contribution in [0.5, 0.6) is 0 Å². The second-order valence-electron chi connectivity index (χ2n) is 11.8. The Labute approximate surface area is 236 Å². The van der Waals surface area contributed by atoms with Crippen LogP contribution in [0, 0.1) is 17.3 Å². The van der Waals surface area contributed by atoms with E-state index in [2.05, 4.69) is 36.1 Å². The second-order valence-corrected chi connectivity index (χ2v) is 11.8. The minimum absolute atomic E-state index is 0. The Morgan fingerprint density at radius 2 is 1.79 bits per heavy atom. The van der Waals surface area contributed by atoms with Crippen molar-refractivity contribution in [2.24, 2.45) is 17.3 Å². The highest BCUT2D eigenvalue weighted by molar-refractivity contribution is 8.93. The highest BCUT2D eigenvalue weighted by atomic mass is 79.9. The summed E-state index contributed by atoms with van der Waals surface area (Å²) in [6.07, 6.45) is 7.17. The van der Waals surface area contributed by atoms with Crippen molar-refractivity contribution in [2.75, 3.05) is 32.7 Å². The third-order valence-electron chi connectivity index (χ3n) is 9.71. The first-order chi connectivity index (χ1) is 17.6. The zero-order valence-electron chi connectivity index (χ0n) is 23.2. The van der Waals surface area contributed by atoms with E-state index in [9.17, 15) is 14.4 Å². The van der Waals surface area contributed by atoms with Crippen LogP contribution in [0.3, 0.4) is 0 Å². The first-order valence-corrected chi connectivity index (χ1v) is 13.6. The van der Waals surface area contributed by atoms with E-state index in [0.29, 0.717) is 18.8 Å². The molecule has 5 atom stereocenters. The smallest absolute Gasteiger partial charge is 0.303 e. The molecular formula is C31H40BrNO5. The SMILES string of the molecule is Br.COCC(=O)[C@@]1(OC(C)=O)CC[C@H]2[C@@H]3CCC4=CC(=O)CCC4=C3[C@@H](c3ccc(N(C)C)cc3)C[C@@]21C. The number of benzene rings is 1. The van der Waals surface area contributed by atoms with Crippen LogP contribution in [0.15, 0.2) is 47.1 Å². The third kappa shape index (κ3) is 4.49. The van der Waals surface area contributed by atoms with Gasteiger partial charge in [0.05, 0.1) is 0 Å². The molecule has 7 heteroatoms. The van der Waals surface area contributed by atoms with Crippen molar-refractivity contribution in [3.05, 3.63) is 52.6 Å². The van der Waals surface area contributed by atoms with Gasteiger partial charge in [-0.25, -0.2) is 0 Å². The molecule has 0 spiro atoms. The number of allylic oxidation sites excluding steroid dienone is 4. The van der Waals surface area contributed by atoms with Gasteiger partial charge in [-0.2, -0.15) is 0 Å². The predicted octanol–water partition coefficient (Wildman–Crippen LogP) is 5.75. The van der Waals surface area contributed by atoms with Crippen LogP contribution in [-0.2, 0) is 23.9 Å².